The third kappa shape index (κ3) is 3.76. The van der Waals surface area contributed by atoms with Crippen molar-refractivity contribution in [3.8, 4) is 0 Å². The van der Waals surface area contributed by atoms with E-state index < -0.39 is 0 Å². The Morgan fingerprint density at radius 3 is 2.82 bits per heavy atom. The van der Waals surface area contributed by atoms with Gasteiger partial charge in [0.2, 0.25) is 5.91 Å². The largest absolute Gasteiger partial charge is 0.324 e. The summed E-state index contributed by atoms with van der Waals surface area (Å²) in [7, 11) is 1.97. The molecule has 0 unspecified atom stereocenters. The summed E-state index contributed by atoms with van der Waals surface area (Å²) < 4.78 is 1.08. The molecule has 1 saturated heterocycles. The van der Waals surface area contributed by atoms with Gasteiger partial charge in [-0.3, -0.25) is 14.5 Å². The lowest BCUT2D eigenvalue weighted by molar-refractivity contribution is -0.119. The molecule has 0 radical (unpaired) electrons. The van der Waals surface area contributed by atoms with E-state index in [0.717, 1.165) is 35.2 Å². The molecule has 2 aromatic carbocycles. The number of hydrogen-bond acceptors (Lipinski definition) is 5. The van der Waals surface area contributed by atoms with Crippen molar-refractivity contribution in [1.82, 2.24) is 9.88 Å². The van der Waals surface area contributed by atoms with Crippen molar-refractivity contribution in [2.75, 3.05) is 24.2 Å². The number of benzene rings is 2. The van der Waals surface area contributed by atoms with Crippen LogP contribution in [-0.2, 0) is 4.79 Å². The van der Waals surface area contributed by atoms with Gasteiger partial charge in [0.1, 0.15) is 0 Å². The van der Waals surface area contributed by atoms with E-state index in [1.54, 1.807) is 29.0 Å². The number of likely N-dealkylation sites (N-methyl/N-ethyl adjacent to an activating group) is 1. The van der Waals surface area contributed by atoms with Gasteiger partial charge in [0, 0.05) is 16.9 Å². The van der Waals surface area contributed by atoms with Crippen molar-refractivity contribution >= 4 is 44.7 Å². The van der Waals surface area contributed by atoms with Gasteiger partial charge in [0.15, 0.2) is 0 Å². The number of nitrogens with one attached hydrogen (secondary N) is 2. The molecule has 2 N–H and O–H groups in total. The van der Waals surface area contributed by atoms with E-state index in [9.17, 15) is 9.59 Å². The number of amides is 2. The van der Waals surface area contributed by atoms with Crippen LogP contribution in [0.25, 0.3) is 10.2 Å². The van der Waals surface area contributed by atoms with E-state index in [1.807, 2.05) is 38.2 Å². The Kier molecular flexibility index (Phi) is 5.11. The number of thiazole rings is 1. The summed E-state index contributed by atoms with van der Waals surface area (Å²) in [6.07, 6.45) is 1.89. The quantitative estimate of drug-likeness (QED) is 0.704. The molecule has 0 spiro atoms. The molecular weight excluding hydrogens is 372 g/mol. The summed E-state index contributed by atoms with van der Waals surface area (Å²) in [5.74, 6) is -0.238. The molecule has 1 atom stereocenters. The second-order valence-corrected chi connectivity index (χ2v) is 8.03. The van der Waals surface area contributed by atoms with Crippen LogP contribution in [0.5, 0.6) is 0 Å². The van der Waals surface area contributed by atoms with Gasteiger partial charge in [0.05, 0.1) is 21.8 Å². The number of aryl methyl sites for hydroxylation is 1. The van der Waals surface area contributed by atoms with E-state index >= 15 is 0 Å². The number of fused-ring (bicyclic) bond motifs is 1. The predicted octanol–water partition coefficient (Wildman–Crippen LogP) is 3.89. The first-order valence-corrected chi connectivity index (χ1v) is 10.2. The summed E-state index contributed by atoms with van der Waals surface area (Å²) >= 11 is 1.56. The molecule has 2 amide bonds. The Bertz CT molecular complexity index is 1050. The molecule has 1 aliphatic rings. The molecule has 1 fully saturated rings. The molecule has 2 heterocycles. The van der Waals surface area contributed by atoms with Crippen LogP contribution in [0.4, 0.5) is 11.4 Å². The number of carbonyl (C=O) groups excluding carboxylic acids is 2. The Morgan fingerprint density at radius 1 is 1.18 bits per heavy atom. The molecule has 7 heteroatoms. The average molecular weight is 395 g/mol. The van der Waals surface area contributed by atoms with Gasteiger partial charge < -0.3 is 10.6 Å². The van der Waals surface area contributed by atoms with Crippen LogP contribution in [0.3, 0.4) is 0 Å². The van der Waals surface area contributed by atoms with Crippen LogP contribution in [-0.4, -0.2) is 41.3 Å². The smallest absolute Gasteiger partial charge is 0.255 e. The minimum atomic E-state index is -0.219. The first-order valence-electron chi connectivity index (χ1n) is 9.27. The summed E-state index contributed by atoms with van der Waals surface area (Å²) in [6.45, 7) is 2.86. The molecule has 1 aromatic heterocycles. The Hall–Kier alpha value is -2.77. The van der Waals surface area contributed by atoms with Gasteiger partial charge in [-0.2, -0.15) is 0 Å². The molecule has 28 heavy (non-hydrogen) atoms. The van der Waals surface area contributed by atoms with Crippen molar-refractivity contribution in [1.29, 1.82) is 0 Å². The molecule has 3 aromatic rings. The lowest BCUT2D eigenvalue weighted by atomic mass is 10.1. The van der Waals surface area contributed by atoms with E-state index in [2.05, 4.69) is 20.5 Å². The fourth-order valence-corrected chi connectivity index (χ4v) is 4.15. The van der Waals surface area contributed by atoms with Gasteiger partial charge in [-0.1, -0.05) is 6.07 Å². The van der Waals surface area contributed by atoms with Crippen molar-refractivity contribution in [3.63, 3.8) is 0 Å². The first-order chi connectivity index (χ1) is 13.5. The standard InChI is InChI=1S/C21H22N4O2S/c1-13-5-6-14(10-16(13)24-21(27)18-4-3-9-25(18)2)20(26)23-15-7-8-19-17(11-15)22-12-28-19/h5-8,10-12,18H,3-4,9H2,1-2H3,(H,23,26)(H,24,27)/t18-/m0/s1. The second-order valence-electron chi connectivity index (χ2n) is 7.15. The average Bonchev–Trinajstić information content (AvgIpc) is 3.31. The molecule has 0 aliphatic carbocycles. The number of rotatable bonds is 4. The number of hydrogen-bond donors (Lipinski definition) is 2. The van der Waals surface area contributed by atoms with Gasteiger partial charge >= 0.3 is 0 Å². The third-order valence-corrected chi connectivity index (χ3v) is 5.98. The van der Waals surface area contributed by atoms with Crippen molar-refractivity contribution in [2.24, 2.45) is 0 Å². The minimum Gasteiger partial charge on any atom is -0.324 e. The SMILES string of the molecule is Cc1ccc(C(=O)Nc2ccc3scnc3c2)cc1NC(=O)[C@@H]1CCCN1C. The maximum atomic E-state index is 12.7. The summed E-state index contributed by atoms with van der Waals surface area (Å²) in [4.78, 5) is 31.6. The monoisotopic (exact) mass is 394 g/mol. The van der Waals surface area contributed by atoms with E-state index in [0.29, 0.717) is 16.9 Å². The number of carbonyl (C=O) groups is 2. The van der Waals surface area contributed by atoms with Gasteiger partial charge in [-0.25, -0.2) is 4.98 Å². The van der Waals surface area contributed by atoms with Gasteiger partial charge in [-0.05, 0) is 69.3 Å². The number of aromatic nitrogens is 1. The predicted molar refractivity (Wildman–Crippen MR) is 113 cm³/mol. The maximum absolute atomic E-state index is 12.7. The van der Waals surface area contributed by atoms with Crippen molar-refractivity contribution in [2.45, 2.75) is 25.8 Å². The molecular formula is C21H22N4O2S. The molecule has 0 bridgehead atoms. The maximum Gasteiger partial charge on any atom is 0.255 e. The molecule has 4 rings (SSSR count). The number of anilines is 2. The third-order valence-electron chi connectivity index (χ3n) is 5.17. The van der Waals surface area contributed by atoms with Crippen molar-refractivity contribution in [3.05, 3.63) is 53.0 Å². The van der Waals surface area contributed by atoms with Crippen LogP contribution in [0, 0.1) is 6.92 Å². The summed E-state index contributed by atoms with van der Waals surface area (Å²) in [5.41, 5.74) is 5.44. The zero-order chi connectivity index (χ0) is 19.7. The lowest BCUT2D eigenvalue weighted by Crippen LogP contribution is -2.37. The van der Waals surface area contributed by atoms with Crippen molar-refractivity contribution < 1.29 is 9.59 Å². The zero-order valence-corrected chi connectivity index (χ0v) is 16.7. The summed E-state index contributed by atoms with van der Waals surface area (Å²) in [6, 6.07) is 10.9. The molecule has 0 saturated carbocycles. The topological polar surface area (TPSA) is 74.3 Å². The van der Waals surface area contributed by atoms with Crippen LogP contribution in [0.1, 0.15) is 28.8 Å². The highest BCUT2D eigenvalue weighted by molar-refractivity contribution is 7.16. The normalized spacial score (nSPS) is 17.0. The van der Waals surface area contributed by atoms with E-state index in [1.165, 1.54) is 0 Å². The van der Waals surface area contributed by atoms with Crippen LogP contribution < -0.4 is 10.6 Å². The lowest BCUT2D eigenvalue weighted by Gasteiger charge is -2.19. The van der Waals surface area contributed by atoms with Crippen LogP contribution >= 0.6 is 11.3 Å². The van der Waals surface area contributed by atoms with Gasteiger partial charge in [0.25, 0.3) is 5.91 Å². The van der Waals surface area contributed by atoms with E-state index in [4.69, 9.17) is 0 Å². The summed E-state index contributed by atoms with van der Waals surface area (Å²) in [5, 5.41) is 5.90. The number of likely N-dealkylation sites (tertiary alicyclic amines) is 1. The zero-order valence-electron chi connectivity index (χ0n) is 15.9. The second kappa shape index (κ2) is 7.69. The fraction of sp³-hybridized carbons (Fsp3) is 0.286. The van der Waals surface area contributed by atoms with Crippen LogP contribution in [0.2, 0.25) is 0 Å². The fourth-order valence-electron chi connectivity index (χ4n) is 3.49. The molecule has 1 aliphatic heterocycles. The highest BCUT2D eigenvalue weighted by Gasteiger charge is 2.28. The Labute approximate surface area is 167 Å². The minimum absolute atomic E-state index is 0.0189. The highest BCUT2D eigenvalue weighted by atomic mass is 32.1. The molecule has 6 nitrogen and oxygen atoms in total. The van der Waals surface area contributed by atoms with Gasteiger partial charge in [-0.15, -0.1) is 11.3 Å². The highest BCUT2D eigenvalue weighted by Crippen LogP contribution is 2.24. The van der Waals surface area contributed by atoms with Crippen LogP contribution in [0.15, 0.2) is 41.9 Å². The Morgan fingerprint density at radius 2 is 2.04 bits per heavy atom. The molecule has 144 valence electrons. The Balaban J connectivity index is 1.50. The first kappa shape index (κ1) is 18.6. The van der Waals surface area contributed by atoms with E-state index in [-0.39, 0.29) is 17.9 Å². The number of nitrogens with zero attached hydrogens (tertiary/aromatic N) is 2.